The largest absolute Gasteiger partial charge is 0.305 e. The molecule has 0 N–H and O–H groups in total. The number of hydrogen-bond acceptors (Lipinski definition) is 3. The molecular formula is C9H7ClFNO3. The van der Waals surface area contributed by atoms with Gasteiger partial charge in [0.15, 0.2) is 0 Å². The van der Waals surface area contributed by atoms with Crippen LogP contribution in [0.4, 0.5) is 10.1 Å². The quantitative estimate of drug-likeness (QED) is 0.456. The molecule has 0 bridgehead atoms. The van der Waals surface area contributed by atoms with Crippen LogP contribution in [0.5, 0.6) is 0 Å². The predicted octanol–water partition coefficient (Wildman–Crippen LogP) is 2.68. The van der Waals surface area contributed by atoms with Gasteiger partial charge in [-0.3, -0.25) is 14.9 Å². The number of nitro benzene ring substituents is 1. The summed E-state index contributed by atoms with van der Waals surface area (Å²) >= 11 is 5.17. The summed E-state index contributed by atoms with van der Waals surface area (Å²) < 4.78 is 13.5. The zero-order valence-electron chi connectivity index (χ0n) is 7.79. The Kier molecular flexibility index (Phi) is 3.36. The first-order valence-corrected chi connectivity index (χ1v) is 4.52. The van der Waals surface area contributed by atoms with Gasteiger partial charge in [0.05, 0.1) is 10.5 Å². The SMILES string of the molecule is CCc1ccc([N+](=O)[O-])c(F)c1C(=O)Cl. The number of benzene rings is 1. The maximum Gasteiger partial charge on any atom is 0.305 e. The molecule has 6 heteroatoms. The van der Waals surface area contributed by atoms with E-state index in [1.807, 2.05) is 0 Å². The van der Waals surface area contributed by atoms with Crippen LogP contribution in [-0.4, -0.2) is 10.2 Å². The Morgan fingerprint density at radius 1 is 1.60 bits per heavy atom. The molecule has 1 rings (SSSR count). The number of aryl methyl sites for hydroxylation is 1. The normalized spacial score (nSPS) is 10.1. The van der Waals surface area contributed by atoms with Crippen molar-refractivity contribution in [2.75, 3.05) is 0 Å². The van der Waals surface area contributed by atoms with E-state index in [2.05, 4.69) is 0 Å². The first-order chi connectivity index (χ1) is 6.99. The Labute approximate surface area is 89.8 Å². The van der Waals surface area contributed by atoms with E-state index < -0.39 is 27.2 Å². The third kappa shape index (κ3) is 2.12. The zero-order valence-corrected chi connectivity index (χ0v) is 8.55. The van der Waals surface area contributed by atoms with Gasteiger partial charge in [0.2, 0.25) is 5.82 Å². The molecule has 0 fully saturated rings. The molecule has 4 nitrogen and oxygen atoms in total. The fourth-order valence-corrected chi connectivity index (χ4v) is 1.46. The molecule has 0 atom stereocenters. The van der Waals surface area contributed by atoms with Crippen LogP contribution in [-0.2, 0) is 6.42 Å². The zero-order chi connectivity index (χ0) is 11.6. The summed E-state index contributed by atoms with van der Waals surface area (Å²) in [6.07, 6.45) is 0.378. The van der Waals surface area contributed by atoms with Gasteiger partial charge >= 0.3 is 5.69 Å². The van der Waals surface area contributed by atoms with Gasteiger partial charge in [-0.05, 0) is 23.6 Å². The van der Waals surface area contributed by atoms with E-state index in [1.54, 1.807) is 6.92 Å². The molecule has 0 spiro atoms. The van der Waals surface area contributed by atoms with Crippen molar-refractivity contribution < 1.29 is 14.1 Å². The standard InChI is InChI=1S/C9H7ClFNO3/c1-2-5-3-4-6(12(14)15)8(11)7(5)9(10)13/h3-4H,2H2,1H3. The predicted molar refractivity (Wildman–Crippen MR) is 52.6 cm³/mol. The van der Waals surface area contributed by atoms with Crippen LogP contribution >= 0.6 is 11.6 Å². The second-order valence-electron chi connectivity index (χ2n) is 2.82. The van der Waals surface area contributed by atoms with Gasteiger partial charge < -0.3 is 0 Å². The molecule has 0 aliphatic rings. The lowest BCUT2D eigenvalue weighted by molar-refractivity contribution is -0.387. The van der Waals surface area contributed by atoms with Gasteiger partial charge in [-0.15, -0.1) is 0 Å². The molecule has 0 heterocycles. The van der Waals surface area contributed by atoms with E-state index in [4.69, 9.17) is 11.6 Å². The Morgan fingerprint density at radius 3 is 2.60 bits per heavy atom. The lowest BCUT2D eigenvalue weighted by Gasteiger charge is -2.04. The molecule has 1 aromatic rings. The van der Waals surface area contributed by atoms with E-state index in [0.717, 1.165) is 6.07 Å². The van der Waals surface area contributed by atoms with Crippen molar-refractivity contribution in [1.29, 1.82) is 0 Å². The van der Waals surface area contributed by atoms with Crippen LogP contribution in [0.1, 0.15) is 22.8 Å². The van der Waals surface area contributed by atoms with E-state index in [1.165, 1.54) is 6.07 Å². The van der Waals surface area contributed by atoms with Gasteiger partial charge in [0, 0.05) is 6.07 Å². The molecule has 0 aromatic heterocycles. The molecule has 1 aromatic carbocycles. The Bertz CT molecular complexity index is 434. The number of hydrogen-bond donors (Lipinski definition) is 0. The average Bonchev–Trinajstić information content (AvgIpc) is 2.15. The highest BCUT2D eigenvalue weighted by Gasteiger charge is 2.23. The summed E-state index contributed by atoms with van der Waals surface area (Å²) in [6.45, 7) is 1.70. The summed E-state index contributed by atoms with van der Waals surface area (Å²) in [4.78, 5) is 20.4. The van der Waals surface area contributed by atoms with Gasteiger partial charge in [-0.2, -0.15) is 4.39 Å². The summed E-state index contributed by atoms with van der Waals surface area (Å²) in [7, 11) is 0. The second-order valence-corrected chi connectivity index (χ2v) is 3.16. The highest BCUT2D eigenvalue weighted by atomic mass is 35.5. The average molecular weight is 232 g/mol. The van der Waals surface area contributed by atoms with Crippen LogP contribution in [0, 0.1) is 15.9 Å². The first-order valence-electron chi connectivity index (χ1n) is 4.14. The highest BCUT2D eigenvalue weighted by molar-refractivity contribution is 6.68. The molecule has 15 heavy (non-hydrogen) atoms. The highest BCUT2D eigenvalue weighted by Crippen LogP contribution is 2.25. The number of nitro groups is 1. The van der Waals surface area contributed by atoms with Crippen molar-refractivity contribution in [2.45, 2.75) is 13.3 Å². The van der Waals surface area contributed by atoms with Crippen molar-refractivity contribution in [1.82, 2.24) is 0 Å². The molecule has 0 saturated carbocycles. The van der Waals surface area contributed by atoms with Crippen molar-refractivity contribution >= 4 is 22.5 Å². The minimum Gasteiger partial charge on any atom is -0.275 e. The number of halogens is 2. The maximum absolute atomic E-state index is 13.5. The van der Waals surface area contributed by atoms with Crippen molar-refractivity contribution in [3.8, 4) is 0 Å². The van der Waals surface area contributed by atoms with Crippen LogP contribution < -0.4 is 0 Å². The Morgan fingerprint density at radius 2 is 2.20 bits per heavy atom. The maximum atomic E-state index is 13.5. The molecule has 0 unspecified atom stereocenters. The molecule has 80 valence electrons. The fraction of sp³-hybridized carbons (Fsp3) is 0.222. The monoisotopic (exact) mass is 231 g/mol. The minimum absolute atomic E-state index is 0.359. The lowest BCUT2D eigenvalue weighted by atomic mass is 10.0. The van der Waals surface area contributed by atoms with Crippen molar-refractivity contribution in [2.24, 2.45) is 0 Å². The van der Waals surface area contributed by atoms with Crippen LogP contribution in [0.3, 0.4) is 0 Å². The molecule has 0 aliphatic heterocycles. The van der Waals surface area contributed by atoms with E-state index >= 15 is 0 Å². The van der Waals surface area contributed by atoms with E-state index in [9.17, 15) is 19.3 Å². The van der Waals surface area contributed by atoms with Crippen LogP contribution in [0.25, 0.3) is 0 Å². The summed E-state index contributed by atoms with van der Waals surface area (Å²) in [6, 6.07) is 2.36. The lowest BCUT2D eigenvalue weighted by Crippen LogP contribution is -2.04. The third-order valence-corrected chi connectivity index (χ3v) is 2.17. The molecule has 0 radical (unpaired) electrons. The van der Waals surface area contributed by atoms with Crippen molar-refractivity contribution in [3.63, 3.8) is 0 Å². The Balaban J connectivity index is 3.49. The van der Waals surface area contributed by atoms with Crippen molar-refractivity contribution in [3.05, 3.63) is 39.2 Å². The molecule has 0 saturated heterocycles. The fourth-order valence-electron chi connectivity index (χ4n) is 1.25. The third-order valence-electron chi connectivity index (χ3n) is 1.98. The number of rotatable bonds is 3. The summed E-state index contributed by atoms with van der Waals surface area (Å²) in [5.41, 5.74) is -0.789. The smallest absolute Gasteiger partial charge is 0.275 e. The topological polar surface area (TPSA) is 60.2 Å². The number of nitrogens with zero attached hydrogens (tertiary/aromatic N) is 1. The van der Waals surface area contributed by atoms with Gasteiger partial charge in [-0.25, -0.2) is 0 Å². The van der Waals surface area contributed by atoms with Gasteiger partial charge in [0.1, 0.15) is 0 Å². The Hall–Kier alpha value is -1.49. The first kappa shape index (κ1) is 11.6. The summed E-state index contributed by atoms with van der Waals surface area (Å²) in [5, 5.41) is 9.39. The second kappa shape index (κ2) is 4.35. The van der Waals surface area contributed by atoms with E-state index in [0.29, 0.717) is 12.0 Å². The minimum atomic E-state index is -1.17. The number of carbonyl (C=O) groups excluding carboxylic acids is 1. The summed E-state index contributed by atoms with van der Waals surface area (Å²) in [5.74, 6) is -1.17. The molecule has 0 amide bonds. The molecule has 0 aliphatic carbocycles. The van der Waals surface area contributed by atoms with E-state index in [-0.39, 0.29) is 0 Å². The molecular weight excluding hydrogens is 225 g/mol. The van der Waals surface area contributed by atoms with Crippen LogP contribution in [0.15, 0.2) is 12.1 Å². The van der Waals surface area contributed by atoms with Gasteiger partial charge in [0.25, 0.3) is 5.24 Å². The van der Waals surface area contributed by atoms with Crippen LogP contribution in [0.2, 0.25) is 0 Å². The number of carbonyl (C=O) groups is 1. The van der Waals surface area contributed by atoms with Gasteiger partial charge in [-0.1, -0.05) is 13.0 Å².